The molecule has 0 aliphatic carbocycles. The molecule has 0 bridgehead atoms. The maximum Gasteiger partial charge on any atom is 0.288 e. The van der Waals surface area contributed by atoms with Gasteiger partial charge in [-0.2, -0.15) is 5.10 Å². The van der Waals surface area contributed by atoms with Crippen molar-refractivity contribution in [2.24, 2.45) is 4.99 Å². The zero-order chi connectivity index (χ0) is 24.0. The van der Waals surface area contributed by atoms with Crippen molar-refractivity contribution < 1.29 is 4.42 Å². The number of aliphatic imine (C=N–C) groups is 1. The molecule has 0 spiro atoms. The summed E-state index contributed by atoms with van der Waals surface area (Å²) < 4.78 is 6.21. The summed E-state index contributed by atoms with van der Waals surface area (Å²) in [5.74, 6) is 0.567. The van der Waals surface area contributed by atoms with Crippen LogP contribution in [0.15, 0.2) is 56.7 Å². The molecule has 0 amide bonds. The van der Waals surface area contributed by atoms with Crippen LogP contribution in [0.2, 0.25) is 0 Å². The molecule has 9 nitrogen and oxygen atoms in total. The summed E-state index contributed by atoms with van der Waals surface area (Å²) in [7, 11) is 1.98. The van der Waals surface area contributed by atoms with E-state index >= 15 is 0 Å². The predicted octanol–water partition coefficient (Wildman–Crippen LogP) is 2.87. The van der Waals surface area contributed by atoms with Crippen molar-refractivity contribution >= 4 is 39.6 Å². The van der Waals surface area contributed by atoms with Crippen molar-refractivity contribution in [3.63, 3.8) is 0 Å². The van der Waals surface area contributed by atoms with Crippen LogP contribution in [0.1, 0.15) is 22.5 Å². The van der Waals surface area contributed by atoms with Crippen LogP contribution in [-0.2, 0) is 0 Å². The molecule has 174 valence electrons. The minimum atomic E-state index is -0.534. The van der Waals surface area contributed by atoms with E-state index in [0.29, 0.717) is 28.8 Å². The Morgan fingerprint density at radius 2 is 1.91 bits per heavy atom. The van der Waals surface area contributed by atoms with E-state index in [1.165, 1.54) is 0 Å². The predicted molar refractivity (Wildman–Crippen MR) is 136 cm³/mol. The number of likely N-dealkylation sites (N-methyl/N-ethyl adjacent to an activating group) is 1. The number of aryl methyl sites for hydroxylation is 2. The first-order chi connectivity index (χ1) is 16.4. The molecule has 1 fully saturated rings. The number of nitrogens with two attached hydrogens (primary N) is 2. The van der Waals surface area contributed by atoms with Gasteiger partial charge in [-0.1, -0.05) is 11.6 Å². The number of anilines is 3. The number of nitrogens with one attached hydrogen (secondary N) is 2. The third kappa shape index (κ3) is 3.69. The summed E-state index contributed by atoms with van der Waals surface area (Å²) in [6.07, 6.45) is 0. The van der Waals surface area contributed by atoms with Gasteiger partial charge < -0.3 is 26.1 Å². The van der Waals surface area contributed by atoms with Gasteiger partial charge in [0.05, 0.1) is 11.3 Å². The second kappa shape index (κ2) is 8.35. The number of H-pyrrole nitrogens is 1. The van der Waals surface area contributed by atoms with E-state index in [1.807, 2.05) is 57.3 Å². The van der Waals surface area contributed by atoms with Gasteiger partial charge in [0.25, 0.3) is 5.56 Å². The number of aromatic amines is 1. The van der Waals surface area contributed by atoms with Gasteiger partial charge in [-0.15, -0.1) is 0 Å². The molecular formula is C25H27N7O2. The van der Waals surface area contributed by atoms with Gasteiger partial charge in [-0.3, -0.25) is 4.79 Å². The van der Waals surface area contributed by atoms with Gasteiger partial charge in [-0.05, 0) is 57.3 Å². The van der Waals surface area contributed by atoms with Crippen molar-refractivity contribution in [2.45, 2.75) is 19.9 Å². The van der Waals surface area contributed by atoms with E-state index in [2.05, 4.69) is 26.5 Å². The number of fused-ring (bicyclic) bond motifs is 1. The lowest BCUT2D eigenvalue weighted by molar-refractivity contribution is 0.450. The highest BCUT2D eigenvalue weighted by molar-refractivity contribution is 6.19. The van der Waals surface area contributed by atoms with Crippen LogP contribution < -0.4 is 27.2 Å². The number of hydrogen-bond acceptors (Lipinski definition) is 8. The van der Waals surface area contributed by atoms with Crippen molar-refractivity contribution in [1.82, 2.24) is 15.5 Å². The highest BCUT2D eigenvalue weighted by Gasteiger charge is 2.26. The molecule has 1 aliphatic rings. The van der Waals surface area contributed by atoms with E-state index in [9.17, 15) is 4.79 Å². The first-order valence-corrected chi connectivity index (χ1v) is 11.1. The summed E-state index contributed by atoms with van der Waals surface area (Å²) in [5.41, 5.74) is 16.9. The van der Waals surface area contributed by atoms with Crippen LogP contribution in [0.3, 0.4) is 0 Å². The molecule has 1 aliphatic heterocycles. The van der Waals surface area contributed by atoms with Gasteiger partial charge in [0.1, 0.15) is 17.0 Å². The Hall–Kier alpha value is -4.11. The van der Waals surface area contributed by atoms with Crippen LogP contribution in [0.5, 0.6) is 0 Å². The Morgan fingerprint density at radius 1 is 1.18 bits per heavy atom. The molecular weight excluding hydrogens is 430 g/mol. The molecule has 9 heteroatoms. The molecule has 2 aromatic carbocycles. The summed E-state index contributed by atoms with van der Waals surface area (Å²) in [6, 6.07) is 14.4. The topological polar surface area (TPSA) is 139 Å². The number of benzene rings is 2. The molecule has 0 saturated carbocycles. The molecule has 0 unspecified atom stereocenters. The van der Waals surface area contributed by atoms with E-state index in [1.54, 1.807) is 0 Å². The second-order valence-electron chi connectivity index (χ2n) is 8.65. The Bertz CT molecular complexity index is 1460. The first-order valence-electron chi connectivity index (χ1n) is 11.1. The number of nitrogens with zero attached hydrogens (tertiary/aromatic N) is 3. The SMILES string of the molecule is CNC1CN(c2ccc(N=C(c3oc4ccc(C)cc4c3C)c3c(N)n[nH]c(=O)c3N)cc2)C1. The van der Waals surface area contributed by atoms with Gasteiger partial charge >= 0.3 is 0 Å². The highest BCUT2D eigenvalue weighted by atomic mass is 16.3. The summed E-state index contributed by atoms with van der Waals surface area (Å²) >= 11 is 0. The van der Waals surface area contributed by atoms with Gasteiger partial charge in [0, 0.05) is 35.8 Å². The highest BCUT2D eigenvalue weighted by Crippen LogP contribution is 2.32. The quantitative estimate of drug-likeness (QED) is 0.338. The zero-order valence-electron chi connectivity index (χ0n) is 19.3. The average molecular weight is 458 g/mol. The Morgan fingerprint density at radius 3 is 2.62 bits per heavy atom. The van der Waals surface area contributed by atoms with E-state index in [4.69, 9.17) is 20.9 Å². The zero-order valence-corrected chi connectivity index (χ0v) is 19.3. The molecule has 1 saturated heterocycles. The Balaban J connectivity index is 1.64. The third-order valence-corrected chi connectivity index (χ3v) is 6.34. The fourth-order valence-corrected chi connectivity index (χ4v) is 4.25. The molecule has 0 atom stereocenters. The standard InChI is InChI=1S/C25H27N7O2/c1-13-4-9-19-18(10-13)14(2)23(34-19)22(20-21(26)25(33)31-30-24(20)27)29-15-5-7-17(8-6-15)32-11-16(12-32)28-3/h4-10,16,28H,11-12H2,1-3H3,(H,31,33)(H4,26,27,30). The Kier molecular flexibility index (Phi) is 5.33. The first kappa shape index (κ1) is 21.7. The van der Waals surface area contributed by atoms with Gasteiger partial charge in [0.15, 0.2) is 11.6 Å². The minimum Gasteiger partial charge on any atom is -0.454 e. The van der Waals surface area contributed by atoms with E-state index in [0.717, 1.165) is 35.3 Å². The number of aromatic nitrogens is 2. The molecule has 0 radical (unpaired) electrons. The monoisotopic (exact) mass is 457 g/mol. The van der Waals surface area contributed by atoms with Crippen molar-refractivity contribution in [2.75, 3.05) is 36.5 Å². The third-order valence-electron chi connectivity index (χ3n) is 6.34. The van der Waals surface area contributed by atoms with Crippen LogP contribution in [0, 0.1) is 13.8 Å². The Labute approximate surface area is 196 Å². The molecule has 5 rings (SSSR count). The molecule has 4 aromatic rings. The second-order valence-corrected chi connectivity index (χ2v) is 8.65. The van der Waals surface area contributed by atoms with Crippen molar-refractivity contribution in [3.05, 3.63) is 75.3 Å². The molecule has 6 N–H and O–H groups in total. The van der Waals surface area contributed by atoms with Gasteiger partial charge in [-0.25, -0.2) is 10.1 Å². The maximum absolute atomic E-state index is 12.3. The van der Waals surface area contributed by atoms with Crippen LogP contribution in [0.4, 0.5) is 22.9 Å². The number of nitrogen functional groups attached to an aromatic ring is 2. The average Bonchev–Trinajstić information content (AvgIpc) is 3.12. The molecule has 34 heavy (non-hydrogen) atoms. The lowest BCUT2D eigenvalue weighted by Gasteiger charge is -2.40. The van der Waals surface area contributed by atoms with Crippen LogP contribution in [0.25, 0.3) is 11.0 Å². The van der Waals surface area contributed by atoms with Crippen LogP contribution in [-0.4, -0.2) is 42.1 Å². The number of rotatable bonds is 5. The largest absolute Gasteiger partial charge is 0.454 e. The normalized spacial score (nSPS) is 14.6. The van der Waals surface area contributed by atoms with E-state index < -0.39 is 5.56 Å². The summed E-state index contributed by atoms with van der Waals surface area (Å²) in [5, 5.41) is 10.5. The van der Waals surface area contributed by atoms with Crippen LogP contribution >= 0.6 is 0 Å². The smallest absolute Gasteiger partial charge is 0.288 e. The van der Waals surface area contributed by atoms with Gasteiger partial charge in [0.2, 0.25) is 0 Å². The molecule has 3 heterocycles. The fraction of sp³-hybridized carbons (Fsp3) is 0.240. The number of furan rings is 1. The summed E-state index contributed by atoms with van der Waals surface area (Å²) in [6.45, 7) is 5.91. The van der Waals surface area contributed by atoms with Crippen molar-refractivity contribution in [1.29, 1.82) is 0 Å². The summed E-state index contributed by atoms with van der Waals surface area (Å²) in [4.78, 5) is 19.4. The van der Waals surface area contributed by atoms with E-state index in [-0.39, 0.29) is 17.1 Å². The number of hydrogen-bond donors (Lipinski definition) is 4. The lowest BCUT2D eigenvalue weighted by atomic mass is 10.0. The minimum absolute atomic E-state index is 0.0578. The maximum atomic E-state index is 12.3. The lowest BCUT2D eigenvalue weighted by Crippen LogP contribution is -2.57. The fourth-order valence-electron chi connectivity index (χ4n) is 4.25. The molecule has 2 aromatic heterocycles. The van der Waals surface area contributed by atoms with Crippen molar-refractivity contribution in [3.8, 4) is 0 Å².